The molecule has 2 nitrogen and oxygen atoms in total. The van der Waals surface area contributed by atoms with E-state index in [4.69, 9.17) is 5.73 Å². The standard InChI is InChI=1S/C12H22F2N2/c13-11(14)7-16-12(8-15)5-1-2-10(6-12)9-3-4-9/h9-11,16H,1-8,15H2. The molecule has 0 aromatic heterocycles. The SMILES string of the molecule is NCC1(NCC(F)F)CCCC(C2CC2)C1. The second-order valence-electron chi connectivity index (χ2n) is 5.45. The molecule has 2 aliphatic carbocycles. The molecule has 0 aliphatic heterocycles. The Bertz CT molecular complexity index is 231. The molecule has 0 aromatic carbocycles. The predicted molar refractivity (Wildman–Crippen MR) is 60.5 cm³/mol. The molecular weight excluding hydrogens is 210 g/mol. The maximum atomic E-state index is 12.3. The molecule has 0 heterocycles. The van der Waals surface area contributed by atoms with Gasteiger partial charge in [0, 0.05) is 12.1 Å². The van der Waals surface area contributed by atoms with Crippen LogP contribution in [0.15, 0.2) is 0 Å². The normalized spacial score (nSPS) is 35.6. The molecule has 16 heavy (non-hydrogen) atoms. The van der Waals surface area contributed by atoms with Gasteiger partial charge in [-0.15, -0.1) is 0 Å². The third-order valence-electron chi connectivity index (χ3n) is 4.19. The highest BCUT2D eigenvalue weighted by Crippen LogP contribution is 2.46. The zero-order valence-electron chi connectivity index (χ0n) is 9.72. The van der Waals surface area contributed by atoms with E-state index in [0.717, 1.165) is 31.1 Å². The molecule has 0 amide bonds. The van der Waals surface area contributed by atoms with E-state index >= 15 is 0 Å². The highest BCUT2D eigenvalue weighted by atomic mass is 19.3. The number of halogens is 2. The molecule has 2 rings (SSSR count). The minimum Gasteiger partial charge on any atom is -0.329 e. The fourth-order valence-electron chi connectivity index (χ4n) is 3.09. The lowest BCUT2D eigenvalue weighted by molar-refractivity contribution is 0.105. The lowest BCUT2D eigenvalue weighted by atomic mass is 9.73. The topological polar surface area (TPSA) is 38.0 Å². The van der Waals surface area contributed by atoms with Crippen LogP contribution in [0.3, 0.4) is 0 Å². The molecule has 2 saturated carbocycles. The summed E-state index contributed by atoms with van der Waals surface area (Å²) in [7, 11) is 0. The van der Waals surface area contributed by atoms with Gasteiger partial charge in [-0.3, -0.25) is 0 Å². The minimum absolute atomic E-state index is 0.206. The summed E-state index contributed by atoms with van der Waals surface area (Å²) in [6, 6.07) is 0. The predicted octanol–water partition coefficient (Wildman–Crippen LogP) is 2.14. The van der Waals surface area contributed by atoms with Crippen molar-refractivity contribution in [2.45, 2.75) is 50.5 Å². The van der Waals surface area contributed by atoms with Gasteiger partial charge in [-0.2, -0.15) is 0 Å². The summed E-state index contributed by atoms with van der Waals surface area (Å²) in [6.07, 6.45) is 4.75. The van der Waals surface area contributed by atoms with E-state index in [2.05, 4.69) is 5.32 Å². The van der Waals surface area contributed by atoms with Crippen molar-refractivity contribution in [1.29, 1.82) is 0 Å². The molecule has 2 atom stereocenters. The first kappa shape index (κ1) is 12.2. The fraction of sp³-hybridized carbons (Fsp3) is 1.00. The third kappa shape index (κ3) is 2.92. The maximum Gasteiger partial charge on any atom is 0.250 e. The van der Waals surface area contributed by atoms with Gasteiger partial charge in [0.2, 0.25) is 0 Å². The van der Waals surface area contributed by atoms with E-state index in [1.54, 1.807) is 0 Å². The molecule has 0 radical (unpaired) electrons. The smallest absolute Gasteiger partial charge is 0.250 e. The third-order valence-corrected chi connectivity index (χ3v) is 4.19. The van der Waals surface area contributed by atoms with Crippen LogP contribution in [0.4, 0.5) is 8.78 Å². The molecule has 4 heteroatoms. The van der Waals surface area contributed by atoms with Crippen molar-refractivity contribution in [3.63, 3.8) is 0 Å². The van der Waals surface area contributed by atoms with Crippen molar-refractivity contribution in [2.24, 2.45) is 17.6 Å². The number of hydrogen-bond donors (Lipinski definition) is 2. The Balaban J connectivity index is 1.90. The van der Waals surface area contributed by atoms with Gasteiger partial charge in [-0.05, 0) is 37.5 Å². The molecule has 0 saturated heterocycles. The van der Waals surface area contributed by atoms with Gasteiger partial charge in [0.15, 0.2) is 0 Å². The summed E-state index contributed by atoms with van der Waals surface area (Å²) in [5.74, 6) is 1.59. The summed E-state index contributed by atoms with van der Waals surface area (Å²) in [6.45, 7) is 0.275. The van der Waals surface area contributed by atoms with E-state index in [1.807, 2.05) is 0 Å². The maximum absolute atomic E-state index is 12.3. The van der Waals surface area contributed by atoms with Gasteiger partial charge >= 0.3 is 0 Å². The van der Waals surface area contributed by atoms with E-state index in [1.165, 1.54) is 19.3 Å². The van der Waals surface area contributed by atoms with Crippen LogP contribution in [0.1, 0.15) is 38.5 Å². The highest BCUT2D eigenvalue weighted by molar-refractivity contribution is 4.98. The van der Waals surface area contributed by atoms with E-state index in [9.17, 15) is 8.78 Å². The molecule has 2 unspecified atom stereocenters. The first-order chi connectivity index (χ1) is 7.65. The van der Waals surface area contributed by atoms with Crippen LogP contribution in [0.5, 0.6) is 0 Å². The van der Waals surface area contributed by atoms with Gasteiger partial charge in [-0.25, -0.2) is 8.78 Å². The Morgan fingerprint density at radius 1 is 1.25 bits per heavy atom. The molecule has 2 aliphatic rings. The van der Waals surface area contributed by atoms with Gasteiger partial charge in [-0.1, -0.05) is 12.8 Å². The molecule has 0 spiro atoms. The molecule has 0 bridgehead atoms. The van der Waals surface area contributed by atoms with Gasteiger partial charge in [0.05, 0.1) is 6.54 Å². The van der Waals surface area contributed by atoms with Crippen molar-refractivity contribution in [2.75, 3.05) is 13.1 Å². The quantitative estimate of drug-likeness (QED) is 0.762. The zero-order chi connectivity index (χ0) is 11.6. The second kappa shape index (κ2) is 4.96. The lowest BCUT2D eigenvalue weighted by Crippen LogP contribution is -2.55. The Morgan fingerprint density at radius 3 is 2.56 bits per heavy atom. The Kier molecular flexibility index (Phi) is 3.80. The summed E-state index contributed by atoms with van der Waals surface area (Å²) >= 11 is 0. The average Bonchev–Trinajstić information content (AvgIpc) is 3.11. The van der Waals surface area contributed by atoms with Gasteiger partial charge < -0.3 is 11.1 Å². The number of rotatable bonds is 5. The van der Waals surface area contributed by atoms with Crippen molar-refractivity contribution < 1.29 is 8.78 Å². The fourth-order valence-corrected chi connectivity index (χ4v) is 3.09. The minimum atomic E-state index is -2.27. The highest BCUT2D eigenvalue weighted by Gasteiger charge is 2.41. The molecule has 3 N–H and O–H groups in total. The molecule has 0 aromatic rings. The number of nitrogens with one attached hydrogen (secondary N) is 1. The number of nitrogens with two attached hydrogens (primary N) is 1. The monoisotopic (exact) mass is 232 g/mol. The summed E-state index contributed by atoms with van der Waals surface area (Å²) < 4.78 is 24.5. The Morgan fingerprint density at radius 2 is 2.00 bits per heavy atom. The molecule has 94 valence electrons. The summed E-state index contributed by atoms with van der Waals surface area (Å²) in [5, 5.41) is 3.02. The van der Waals surface area contributed by atoms with Crippen LogP contribution in [0.25, 0.3) is 0 Å². The number of alkyl halides is 2. The van der Waals surface area contributed by atoms with Crippen molar-refractivity contribution in [1.82, 2.24) is 5.32 Å². The van der Waals surface area contributed by atoms with E-state index in [0.29, 0.717) is 6.54 Å². The van der Waals surface area contributed by atoms with Crippen LogP contribution in [-0.4, -0.2) is 25.1 Å². The molecule has 2 fully saturated rings. The first-order valence-electron chi connectivity index (χ1n) is 6.38. The zero-order valence-corrected chi connectivity index (χ0v) is 9.72. The van der Waals surface area contributed by atoms with Gasteiger partial charge in [0.1, 0.15) is 0 Å². The largest absolute Gasteiger partial charge is 0.329 e. The Hall–Kier alpha value is -0.220. The van der Waals surface area contributed by atoms with E-state index < -0.39 is 6.43 Å². The summed E-state index contributed by atoms with van der Waals surface area (Å²) in [5.41, 5.74) is 5.59. The van der Waals surface area contributed by atoms with Crippen LogP contribution in [-0.2, 0) is 0 Å². The van der Waals surface area contributed by atoms with E-state index in [-0.39, 0.29) is 12.1 Å². The van der Waals surface area contributed by atoms with Crippen molar-refractivity contribution in [3.05, 3.63) is 0 Å². The van der Waals surface area contributed by atoms with Crippen molar-refractivity contribution in [3.8, 4) is 0 Å². The summed E-state index contributed by atoms with van der Waals surface area (Å²) in [4.78, 5) is 0. The van der Waals surface area contributed by atoms with Crippen LogP contribution in [0, 0.1) is 11.8 Å². The number of hydrogen-bond acceptors (Lipinski definition) is 2. The molecular formula is C12H22F2N2. The van der Waals surface area contributed by atoms with Crippen LogP contribution >= 0.6 is 0 Å². The van der Waals surface area contributed by atoms with Crippen LogP contribution in [0.2, 0.25) is 0 Å². The van der Waals surface area contributed by atoms with Crippen LogP contribution < -0.4 is 11.1 Å². The first-order valence-corrected chi connectivity index (χ1v) is 6.38. The van der Waals surface area contributed by atoms with Crippen molar-refractivity contribution >= 4 is 0 Å². The van der Waals surface area contributed by atoms with Gasteiger partial charge in [0.25, 0.3) is 6.43 Å². The second-order valence-corrected chi connectivity index (χ2v) is 5.45. The Labute approximate surface area is 96.0 Å². The average molecular weight is 232 g/mol. The lowest BCUT2D eigenvalue weighted by Gasteiger charge is -2.41.